The Labute approximate surface area is 204 Å². The van der Waals surface area contributed by atoms with Crippen LogP contribution in [0, 0.1) is 0 Å². The molecule has 1 aliphatic heterocycles. The number of thiophene rings is 1. The van der Waals surface area contributed by atoms with Gasteiger partial charge in [-0.2, -0.15) is 0 Å². The van der Waals surface area contributed by atoms with Gasteiger partial charge >= 0.3 is 0 Å². The van der Waals surface area contributed by atoms with Crippen LogP contribution in [0.15, 0.2) is 84.9 Å². The molecular formula is C29H28N2O2S. The van der Waals surface area contributed by atoms with Gasteiger partial charge in [0, 0.05) is 30.8 Å². The van der Waals surface area contributed by atoms with Gasteiger partial charge in [0.15, 0.2) is 0 Å². The molecule has 1 unspecified atom stereocenters. The molecule has 2 amide bonds. The van der Waals surface area contributed by atoms with E-state index >= 15 is 0 Å². The molecule has 34 heavy (non-hydrogen) atoms. The zero-order valence-corrected chi connectivity index (χ0v) is 20.3. The summed E-state index contributed by atoms with van der Waals surface area (Å²) >= 11 is 1.54. The first kappa shape index (κ1) is 22.4. The van der Waals surface area contributed by atoms with Gasteiger partial charge in [-0.15, -0.1) is 11.3 Å². The molecule has 1 aliphatic rings. The highest BCUT2D eigenvalue weighted by molar-refractivity contribution is 7.21. The number of carbonyl (C=O) groups is 2. The van der Waals surface area contributed by atoms with Crippen molar-refractivity contribution in [1.82, 2.24) is 10.2 Å². The van der Waals surface area contributed by atoms with Crippen LogP contribution in [-0.2, 0) is 10.2 Å². The quantitative estimate of drug-likeness (QED) is 0.416. The van der Waals surface area contributed by atoms with Gasteiger partial charge in [-0.25, -0.2) is 0 Å². The first-order chi connectivity index (χ1) is 16.5. The van der Waals surface area contributed by atoms with E-state index in [0.29, 0.717) is 13.1 Å². The number of rotatable bonds is 5. The van der Waals surface area contributed by atoms with Crippen molar-refractivity contribution in [2.75, 3.05) is 20.1 Å². The maximum absolute atomic E-state index is 14.2. The third-order valence-corrected chi connectivity index (χ3v) is 8.27. The molecule has 0 aliphatic carbocycles. The van der Waals surface area contributed by atoms with Crippen LogP contribution in [-0.4, -0.2) is 36.9 Å². The molecule has 4 aromatic rings. The average Bonchev–Trinajstić information content (AvgIpc) is 3.53. The van der Waals surface area contributed by atoms with Gasteiger partial charge in [0.2, 0.25) is 5.91 Å². The fraction of sp³-hybridized carbons (Fsp3) is 0.241. The van der Waals surface area contributed by atoms with E-state index in [2.05, 4.69) is 17.4 Å². The van der Waals surface area contributed by atoms with Crippen LogP contribution in [0.4, 0.5) is 0 Å². The summed E-state index contributed by atoms with van der Waals surface area (Å²) in [4.78, 5) is 29.6. The van der Waals surface area contributed by atoms with E-state index in [4.69, 9.17) is 0 Å². The molecule has 0 bridgehead atoms. The second-order valence-corrected chi connectivity index (χ2v) is 10.1. The van der Waals surface area contributed by atoms with Gasteiger partial charge in [0.05, 0.1) is 10.3 Å². The Morgan fingerprint density at radius 1 is 0.912 bits per heavy atom. The summed E-state index contributed by atoms with van der Waals surface area (Å²) in [7, 11) is 1.67. The summed E-state index contributed by atoms with van der Waals surface area (Å²) in [6, 6.07) is 28.2. The van der Waals surface area contributed by atoms with Crippen LogP contribution in [0.5, 0.6) is 0 Å². The molecule has 2 heterocycles. The van der Waals surface area contributed by atoms with Crippen molar-refractivity contribution in [3.63, 3.8) is 0 Å². The van der Waals surface area contributed by atoms with Crippen molar-refractivity contribution in [2.24, 2.45) is 0 Å². The predicted molar refractivity (Wildman–Crippen MR) is 138 cm³/mol. The highest BCUT2D eigenvalue weighted by atomic mass is 32.1. The number of nitrogens with zero attached hydrogens (tertiary/aromatic N) is 1. The fourth-order valence-electron chi connectivity index (χ4n) is 5.21. The lowest BCUT2D eigenvalue weighted by molar-refractivity contribution is -0.134. The van der Waals surface area contributed by atoms with Gasteiger partial charge in [-0.05, 0) is 41.5 Å². The summed E-state index contributed by atoms with van der Waals surface area (Å²) in [5.74, 6) is 0.177. The third kappa shape index (κ3) is 3.70. The molecule has 172 valence electrons. The van der Waals surface area contributed by atoms with Crippen molar-refractivity contribution in [1.29, 1.82) is 0 Å². The normalized spacial score (nSPS) is 16.1. The van der Waals surface area contributed by atoms with Crippen LogP contribution in [0.3, 0.4) is 0 Å². The number of hydrogen-bond acceptors (Lipinski definition) is 3. The molecule has 5 rings (SSSR count). The molecular weight excluding hydrogens is 440 g/mol. The Morgan fingerprint density at radius 3 is 2.12 bits per heavy atom. The topological polar surface area (TPSA) is 49.4 Å². The molecule has 1 aromatic heterocycles. The largest absolute Gasteiger partial charge is 0.354 e. The van der Waals surface area contributed by atoms with Crippen LogP contribution in [0.1, 0.15) is 45.6 Å². The standard InChI is InChI=1S/C29H28N2O2S/c1-29(21-11-5-3-6-12-21,22-13-7-4-8-14-22)28(33)31-18-17-20(19-31)25-23-15-9-10-16-24(23)34-26(25)27(32)30-2/h3-16,20H,17-19H2,1-2H3,(H,30,32). The summed E-state index contributed by atoms with van der Waals surface area (Å²) in [6.45, 7) is 3.32. The van der Waals surface area contributed by atoms with Gasteiger partial charge in [-0.1, -0.05) is 78.9 Å². The molecule has 5 heteroatoms. The lowest BCUT2D eigenvalue weighted by atomic mass is 9.75. The highest BCUT2D eigenvalue weighted by Gasteiger charge is 2.43. The summed E-state index contributed by atoms with van der Waals surface area (Å²) in [5.41, 5.74) is 2.28. The number of hydrogen-bond donors (Lipinski definition) is 1. The fourth-order valence-corrected chi connectivity index (χ4v) is 6.44. The molecule has 4 nitrogen and oxygen atoms in total. The molecule has 1 fully saturated rings. The van der Waals surface area contributed by atoms with Crippen LogP contribution < -0.4 is 5.32 Å². The average molecular weight is 469 g/mol. The first-order valence-electron chi connectivity index (χ1n) is 11.7. The van der Waals surface area contributed by atoms with E-state index in [0.717, 1.165) is 38.1 Å². The Kier molecular flexibility index (Phi) is 5.96. The monoisotopic (exact) mass is 468 g/mol. The van der Waals surface area contributed by atoms with E-state index < -0.39 is 5.41 Å². The number of carbonyl (C=O) groups excluding carboxylic acids is 2. The van der Waals surface area contributed by atoms with Crippen molar-refractivity contribution in [3.05, 3.63) is 106 Å². The Balaban J connectivity index is 1.52. The van der Waals surface area contributed by atoms with E-state index in [9.17, 15) is 9.59 Å². The molecule has 3 aromatic carbocycles. The minimum Gasteiger partial charge on any atom is -0.354 e. The number of fused-ring (bicyclic) bond motifs is 1. The maximum atomic E-state index is 14.2. The van der Waals surface area contributed by atoms with Gasteiger partial charge in [0.25, 0.3) is 5.91 Å². The minimum atomic E-state index is -0.780. The Hall–Kier alpha value is -3.44. The van der Waals surface area contributed by atoms with E-state index in [-0.39, 0.29) is 17.7 Å². The number of benzene rings is 3. The second-order valence-electron chi connectivity index (χ2n) is 9.01. The van der Waals surface area contributed by atoms with Crippen molar-refractivity contribution in [3.8, 4) is 0 Å². The minimum absolute atomic E-state index is 0.0561. The Morgan fingerprint density at radius 2 is 1.50 bits per heavy atom. The molecule has 1 atom stereocenters. The zero-order valence-electron chi connectivity index (χ0n) is 19.5. The van der Waals surface area contributed by atoms with Gasteiger partial charge < -0.3 is 10.2 Å². The number of amides is 2. The van der Waals surface area contributed by atoms with Crippen LogP contribution in [0.2, 0.25) is 0 Å². The highest BCUT2D eigenvalue weighted by Crippen LogP contribution is 2.42. The lowest BCUT2D eigenvalue weighted by Crippen LogP contribution is -2.45. The van der Waals surface area contributed by atoms with Gasteiger partial charge in [-0.3, -0.25) is 9.59 Å². The van der Waals surface area contributed by atoms with E-state index in [1.807, 2.05) is 84.6 Å². The molecule has 0 spiro atoms. The third-order valence-electron chi connectivity index (χ3n) is 7.08. The summed E-state index contributed by atoms with van der Waals surface area (Å²) in [6.07, 6.45) is 0.843. The predicted octanol–water partition coefficient (Wildman–Crippen LogP) is 5.58. The van der Waals surface area contributed by atoms with Crippen molar-refractivity contribution in [2.45, 2.75) is 24.7 Å². The number of nitrogens with one attached hydrogen (secondary N) is 1. The molecule has 0 radical (unpaired) electrons. The van der Waals surface area contributed by atoms with Crippen molar-refractivity contribution < 1.29 is 9.59 Å². The lowest BCUT2D eigenvalue weighted by Gasteiger charge is -2.34. The first-order valence-corrected chi connectivity index (χ1v) is 12.5. The van der Waals surface area contributed by atoms with Crippen molar-refractivity contribution >= 4 is 33.2 Å². The smallest absolute Gasteiger partial charge is 0.261 e. The SMILES string of the molecule is CNC(=O)c1sc2ccccc2c1C1CCN(C(=O)C(C)(c2ccccc2)c2ccccc2)C1. The zero-order chi connectivity index (χ0) is 23.7. The van der Waals surface area contributed by atoms with E-state index in [1.54, 1.807) is 7.05 Å². The summed E-state index contributed by atoms with van der Waals surface area (Å²) in [5, 5.41) is 3.92. The number of likely N-dealkylation sites (tertiary alicyclic amines) is 1. The maximum Gasteiger partial charge on any atom is 0.261 e. The molecule has 0 saturated carbocycles. The van der Waals surface area contributed by atoms with Crippen LogP contribution >= 0.6 is 11.3 Å². The van der Waals surface area contributed by atoms with Crippen LogP contribution in [0.25, 0.3) is 10.1 Å². The molecule has 1 saturated heterocycles. The second kappa shape index (κ2) is 9.07. The summed E-state index contributed by atoms with van der Waals surface area (Å²) < 4.78 is 1.11. The Bertz CT molecular complexity index is 1290. The van der Waals surface area contributed by atoms with Gasteiger partial charge in [0.1, 0.15) is 0 Å². The van der Waals surface area contributed by atoms with E-state index in [1.165, 1.54) is 11.3 Å². The molecule has 1 N–H and O–H groups in total.